The molecule has 0 aliphatic heterocycles. The Morgan fingerprint density at radius 1 is 1.11 bits per heavy atom. The van der Waals surface area contributed by atoms with Crippen LogP contribution >= 0.6 is 21.6 Å². The molecule has 3 aromatic rings. The van der Waals surface area contributed by atoms with Gasteiger partial charge in [0.15, 0.2) is 5.82 Å². The average Bonchev–Trinajstić information content (AvgIpc) is 3.12. The van der Waals surface area contributed by atoms with Crippen LogP contribution in [0, 0.1) is 0 Å². The molecule has 0 fully saturated rings. The van der Waals surface area contributed by atoms with Crippen LogP contribution in [0.4, 0.5) is 0 Å². The van der Waals surface area contributed by atoms with Crippen molar-refractivity contribution in [1.29, 1.82) is 0 Å². The normalized spacial score (nSPS) is 10.6. The van der Waals surface area contributed by atoms with Crippen molar-refractivity contribution < 1.29 is 14.3 Å². The fourth-order valence-corrected chi connectivity index (χ4v) is 4.15. The third-order valence-electron chi connectivity index (χ3n) is 3.41. The van der Waals surface area contributed by atoms with Crippen LogP contribution in [0.1, 0.15) is 29.0 Å². The lowest BCUT2D eigenvalue weighted by Gasteiger charge is -2.06. The molecular formula is C18H16N4O3S2. The summed E-state index contributed by atoms with van der Waals surface area (Å²) in [5, 5.41) is 4.69. The third-order valence-corrected chi connectivity index (χ3v) is 5.59. The summed E-state index contributed by atoms with van der Waals surface area (Å²) in [4.78, 5) is 33.2. The highest BCUT2D eigenvalue weighted by Crippen LogP contribution is 2.38. The molecule has 0 radical (unpaired) electrons. The van der Waals surface area contributed by atoms with Gasteiger partial charge >= 0.3 is 5.97 Å². The standard InChI is InChI=1S/C18H16N4O3S2/c1-3-25-17(24)14-6-4-5-7-15(14)26-27-18-20-16(22(21-18)12(2)23)13-8-10-19-11-9-13/h4-11H,3H2,1-2H3. The molecule has 1 aromatic carbocycles. The van der Waals surface area contributed by atoms with Gasteiger partial charge < -0.3 is 4.74 Å². The highest BCUT2D eigenvalue weighted by Gasteiger charge is 2.18. The predicted molar refractivity (Wildman–Crippen MR) is 104 cm³/mol. The minimum Gasteiger partial charge on any atom is -0.462 e. The molecule has 2 heterocycles. The van der Waals surface area contributed by atoms with Crippen molar-refractivity contribution in [2.75, 3.05) is 6.61 Å². The van der Waals surface area contributed by atoms with E-state index in [-0.39, 0.29) is 11.9 Å². The minimum absolute atomic E-state index is 0.238. The summed E-state index contributed by atoms with van der Waals surface area (Å²) in [6, 6.07) is 10.7. The lowest BCUT2D eigenvalue weighted by molar-refractivity contribution is 0.0522. The summed E-state index contributed by atoms with van der Waals surface area (Å²) in [7, 11) is 2.61. The second kappa shape index (κ2) is 8.83. The van der Waals surface area contributed by atoms with Gasteiger partial charge in [-0.15, -0.1) is 5.10 Å². The molecule has 0 aliphatic rings. The second-order valence-corrected chi connectivity index (χ2v) is 7.41. The van der Waals surface area contributed by atoms with Gasteiger partial charge in [-0.1, -0.05) is 12.1 Å². The van der Waals surface area contributed by atoms with Crippen molar-refractivity contribution in [2.24, 2.45) is 0 Å². The Kier molecular flexibility index (Phi) is 6.25. The van der Waals surface area contributed by atoms with E-state index in [1.807, 2.05) is 12.1 Å². The van der Waals surface area contributed by atoms with E-state index in [9.17, 15) is 9.59 Å². The molecule has 0 amide bonds. The summed E-state index contributed by atoms with van der Waals surface area (Å²) in [5.74, 6) is -0.161. The second-order valence-electron chi connectivity index (χ2n) is 5.27. The van der Waals surface area contributed by atoms with Gasteiger partial charge in [0, 0.05) is 29.8 Å². The quantitative estimate of drug-likeness (QED) is 0.454. The number of pyridine rings is 1. The Morgan fingerprint density at radius 2 is 1.85 bits per heavy atom. The Hall–Kier alpha value is -2.65. The maximum absolute atomic E-state index is 12.1. The maximum atomic E-state index is 12.1. The average molecular weight is 400 g/mol. The molecule has 0 aliphatic carbocycles. The van der Waals surface area contributed by atoms with Gasteiger partial charge in [0.1, 0.15) is 0 Å². The summed E-state index contributed by atoms with van der Waals surface area (Å²) in [5.41, 5.74) is 1.23. The summed E-state index contributed by atoms with van der Waals surface area (Å²) in [6.45, 7) is 3.50. The van der Waals surface area contributed by atoms with Crippen LogP contribution in [0.3, 0.4) is 0 Å². The van der Waals surface area contributed by atoms with E-state index in [2.05, 4.69) is 15.1 Å². The van der Waals surface area contributed by atoms with Crippen molar-refractivity contribution in [3.63, 3.8) is 0 Å². The number of carbonyl (C=O) groups excluding carboxylic acids is 2. The zero-order valence-electron chi connectivity index (χ0n) is 14.7. The van der Waals surface area contributed by atoms with Crippen molar-refractivity contribution >= 4 is 33.5 Å². The Bertz CT molecular complexity index is 960. The first-order chi connectivity index (χ1) is 13.1. The lowest BCUT2D eigenvalue weighted by atomic mass is 10.2. The number of esters is 1. The molecule has 27 heavy (non-hydrogen) atoms. The highest BCUT2D eigenvalue weighted by molar-refractivity contribution is 8.76. The predicted octanol–water partition coefficient (Wildman–Crippen LogP) is 3.98. The van der Waals surface area contributed by atoms with Crippen LogP contribution in [0.2, 0.25) is 0 Å². The molecule has 0 N–H and O–H groups in total. The van der Waals surface area contributed by atoms with E-state index in [4.69, 9.17) is 4.74 Å². The largest absolute Gasteiger partial charge is 0.462 e. The first-order valence-electron chi connectivity index (χ1n) is 8.09. The lowest BCUT2D eigenvalue weighted by Crippen LogP contribution is -2.09. The van der Waals surface area contributed by atoms with Crippen molar-refractivity contribution in [2.45, 2.75) is 23.9 Å². The summed E-state index contributed by atoms with van der Waals surface area (Å²) < 4.78 is 6.35. The number of carbonyl (C=O) groups is 2. The van der Waals surface area contributed by atoms with Crippen LogP contribution in [-0.4, -0.2) is 38.2 Å². The Labute approximate surface area is 163 Å². The summed E-state index contributed by atoms with van der Waals surface area (Å²) in [6.07, 6.45) is 3.26. The number of aromatic nitrogens is 4. The van der Waals surface area contributed by atoms with Crippen LogP contribution in [-0.2, 0) is 4.74 Å². The molecule has 2 aromatic heterocycles. The van der Waals surface area contributed by atoms with Crippen molar-refractivity contribution in [1.82, 2.24) is 19.7 Å². The molecule has 0 bridgehead atoms. The number of benzene rings is 1. The van der Waals surface area contributed by atoms with Gasteiger partial charge in [-0.3, -0.25) is 9.78 Å². The van der Waals surface area contributed by atoms with Gasteiger partial charge in [-0.05, 0) is 52.8 Å². The zero-order chi connectivity index (χ0) is 19.2. The molecule has 0 saturated heterocycles. The minimum atomic E-state index is -0.374. The highest BCUT2D eigenvalue weighted by atomic mass is 33.1. The smallest absolute Gasteiger partial charge is 0.339 e. The van der Waals surface area contributed by atoms with Gasteiger partial charge in [0.25, 0.3) is 0 Å². The molecule has 0 unspecified atom stereocenters. The number of ether oxygens (including phenoxy) is 1. The topological polar surface area (TPSA) is 87.0 Å². The maximum Gasteiger partial charge on any atom is 0.339 e. The van der Waals surface area contributed by atoms with Crippen LogP contribution in [0.15, 0.2) is 58.8 Å². The van der Waals surface area contributed by atoms with E-state index in [1.54, 1.807) is 43.6 Å². The van der Waals surface area contributed by atoms with Crippen molar-refractivity contribution in [3.05, 3.63) is 54.4 Å². The van der Waals surface area contributed by atoms with Crippen LogP contribution in [0.25, 0.3) is 11.4 Å². The van der Waals surface area contributed by atoms with Crippen molar-refractivity contribution in [3.8, 4) is 11.4 Å². The molecule has 0 saturated carbocycles. The molecule has 3 rings (SSSR count). The molecule has 138 valence electrons. The number of hydrogen-bond acceptors (Lipinski definition) is 8. The third kappa shape index (κ3) is 4.55. The number of rotatable bonds is 6. The first kappa shape index (κ1) is 19.1. The monoisotopic (exact) mass is 400 g/mol. The fourth-order valence-electron chi connectivity index (χ4n) is 2.23. The van der Waals surface area contributed by atoms with Crippen LogP contribution in [0.5, 0.6) is 0 Å². The zero-order valence-corrected chi connectivity index (χ0v) is 16.3. The Balaban J connectivity index is 1.84. The Morgan fingerprint density at radius 3 is 2.56 bits per heavy atom. The molecule has 0 atom stereocenters. The molecular weight excluding hydrogens is 384 g/mol. The SMILES string of the molecule is CCOC(=O)c1ccccc1SSc1nc(-c2ccncc2)n(C(C)=O)n1. The number of hydrogen-bond donors (Lipinski definition) is 0. The van der Waals surface area contributed by atoms with Gasteiger partial charge in [0.05, 0.1) is 12.2 Å². The summed E-state index contributed by atoms with van der Waals surface area (Å²) >= 11 is 0. The first-order valence-corrected chi connectivity index (χ1v) is 10.2. The van der Waals surface area contributed by atoms with E-state index in [1.165, 1.54) is 33.2 Å². The van der Waals surface area contributed by atoms with E-state index < -0.39 is 0 Å². The van der Waals surface area contributed by atoms with Crippen LogP contribution < -0.4 is 0 Å². The molecule has 0 spiro atoms. The van der Waals surface area contributed by atoms with E-state index in [0.29, 0.717) is 23.2 Å². The fraction of sp³-hybridized carbons (Fsp3) is 0.167. The van der Waals surface area contributed by atoms with E-state index >= 15 is 0 Å². The van der Waals surface area contributed by atoms with Gasteiger partial charge in [-0.2, -0.15) is 4.68 Å². The van der Waals surface area contributed by atoms with Gasteiger partial charge in [-0.25, -0.2) is 9.78 Å². The van der Waals surface area contributed by atoms with E-state index in [0.717, 1.165) is 10.5 Å². The molecule has 9 heteroatoms. The molecule has 7 nitrogen and oxygen atoms in total. The van der Waals surface area contributed by atoms with Gasteiger partial charge in [0.2, 0.25) is 11.1 Å². The number of nitrogens with zero attached hydrogens (tertiary/aromatic N) is 4.